The van der Waals surface area contributed by atoms with Gasteiger partial charge in [-0.05, 0) is 56.0 Å². The third kappa shape index (κ3) is 12.0. The molecule has 2 N–H and O–H groups in total. The highest BCUT2D eigenvalue weighted by molar-refractivity contribution is 5.89. The van der Waals surface area contributed by atoms with E-state index in [1.165, 1.54) is 6.07 Å². The maximum absolute atomic E-state index is 12.6. The summed E-state index contributed by atoms with van der Waals surface area (Å²) in [5.74, 6) is -1.80. The van der Waals surface area contributed by atoms with E-state index >= 15 is 0 Å². The molecule has 0 heterocycles. The van der Waals surface area contributed by atoms with Crippen LogP contribution in [0.4, 0.5) is 0 Å². The third-order valence-electron chi connectivity index (χ3n) is 5.96. The molecule has 0 aliphatic heterocycles. The molecule has 2 rings (SSSR count). The molecule has 0 spiro atoms. The van der Waals surface area contributed by atoms with Gasteiger partial charge in [0.2, 0.25) is 0 Å². The number of hydrogen-bond acceptors (Lipinski definition) is 9. The van der Waals surface area contributed by atoms with Crippen molar-refractivity contribution in [3.8, 4) is 11.5 Å². The minimum Gasteiger partial charge on any atom is -0.458 e. The summed E-state index contributed by atoms with van der Waals surface area (Å²) in [7, 11) is 0. The Bertz CT molecular complexity index is 1100. The number of nitrogens with two attached hydrogens (primary N) is 1. The zero-order chi connectivity index (χ0) is 29.3. The summed E-state index contributed by atoms with van der Waals surface area (Å²) in [6, 6.07) is 12.2. The number of ether oxygens (including phenoxy) is 4. The Morgan fingerprint density at radius 3 is 2.00 bits per heavy atom. The molecule has 40 heavy (non-hydrogen) atoms. The van der Waals surface area contributed by atoms with Gasteiger partial charge in [-0.1, -0.05) is 63.8 Å². The van der Waals surface area contributed by atoms with Crippen molar-refractivity contribution in [2.75, 3.05) is 6.61 Å². The highest BCUT2D eigenvalue weighted by Gasteiger charge is 2.22. The topological polar surface area (TPSA) is 131 Å². The maximum atomic E-state index is 12.6. The predicted molar refractivity (Wildman–Crippen MR) is 150 cm³/mol. The van der Waals surface area contributed by atoms with Crippen molar-refractivity contribution in [2.24, 2.45) is 5.73 Å². The minimum atomic E-state index is -1.03. The first-order valence-electron chi connectivity index (χ1n) is 14.0. The summed E-state index contributed by atoms with van der Waals surface area (Å²) >= 11 is 0. The molecule has 2 aromatic rings. The smallest absolute Gasteiger partial charge is 0.338 e. The Balaban J connectivity index is 1.99. The van der Waals surface area contributed by atoms with Crippen LogP contribution in [0.1, 0.15) is 88.1 Å². The highest BCUT2D eigenvalue weighted by Crippen LogP contribution is 2.30. The van der Waals surface area contributed by atoms with E-state index in [-0.39, 0.29) is 37.4 Å². The van der Waals surface area contributed by atoms with Crippen molar-refractivity contribution in [3.05, 3.63) is 59.7 Å². The van der Waals surface area contributed by atoms with Crippen LogP contribution >= 0.6 is 0 Å². The summed E-state index contributed by atoms with van der Waals surface area (Å²) in [5, 5.41) is 0. The molecule has 0 aliphatic carbocycles. The molecule has 2 atom stereocenters. The van der Waals surface area contributed by atoms with Crippen molar-refractivity contribution in [1.29, 1.82) is 0 Å². The van der Waals surface area contributed by atoms with Gasteiger partial charge in [-0.3, -0.25) is 14.4 Å². The largest absolute Gasteiger partial charge is 0.458 e. The van der Waals surface area contributed by atoms with E-state index in [1.807, 2.05) is 13.8 Å². The van der Waals surface area contributed by atoms with Crippen LogP contribution < -0.4 is 15.2 Å². The lowest BCUT2D eigenvalue weighted by Gasteiger charge is -2.18. The molecule has 2 aromatic carbocycles. The van der Waals surface area contributed by atoms with E-state index in [4.69, 9.17) is 24.7 Å². The summed E-state index contributed by atoms with van der Waals surface area (Å²) in [6.45, 7) is 5.56. The lowest BCUT2D eigenvalue weighted by atomic mass is 10.1. The molecule has 0 radical (unpaired) electrons. The van der Waals surface area contributed by atoms with Crippen LogP contribution in [0.5, 0.6) is 11.5 Å². The Labute approximate surface area is 236 Å². The Kier molecular flexibility index (Phi) is 14.4. The number of carbonyl (C=O) groups is 4. The number of hydrogen-bond donors (Lipinski definition) is 1. The van der Waals surface area contributed by atoms with Crippen molar-refractivity contribution in [3.63, 3.8) is 0 Å². The van der Waals surface area contributed by atoms with E-state index in [1.54, 1.807) is 49.4 Å². The number of esters is 4. The van der Waals surface area contributed by atoms with Crippen LogP contribution in [-0.4, -0.2) is 42.6 Å². The van der Waals surface area contributed by atoms with Gasteiger partial charge in [0.1, 0.15) is 18.8 Å². The third-order valence-corrected chi connectivity index (χ3v) is 5.96. The van der Waals surface area contributed by atoms with Gasteiger partial charge >= 0.3 is 23.9 Å². The van der Waals surface area contributed by atoms with Gasteiger partial charge < -0.3 is 24.7 Å². The molecule has 0 unspecified atom stereocenters. The molecule has 0 saturated carbocycles. The van der Waals surface area contributed by atoms with Gasteiger partial charge in [-0.25, -0.2) is 4.79 Å². The van der Waals surface area contributed by atoms with Gasteiger partial charge in [0.05, 0.1) is 5.56 Å². The van der Waals surface area contributed by atoms with Crippen molar-refractivity contribution in [1.82, 2.24) is 0 Å². The van der Waals surface area contributed by atoms with Crippen molar-refractivity contribution < 1.29 is 38.1 Å². The minimum absolute atomic E-state index is 0.0838. The molecular formula is C31H41NO8. The van der Waals surface area contributed by atoms with Crippen LogP contribution in [0.2, 0.25) is 0 Å². The van der Waals surface area contributed by atoms with Crippen LogP contribution in [-0.2, 0) is 30.3 Å². The summed E-state index contributed by atoms with van der Waals surface area (Å²) in [5.41, 5.74) is 7.08. The van der Waals surface area contributed by atoms with E-state index < -0.39 is 36.0 Å². The average molecular weight is 556 g/mol. The molecule has 0 saturated heterocycles. The predicted octanol–water partition coefficient (Wildman–Crippen LogP) is 5.32. The number of carbonyl (C=O) groups excluding carboxylic acids is 4. The van der Waals surface area contributed by atoms with Crippen LogP contribution in [0.25, 0.3) is 0 Å². The lowest BCUT2D eigenvalue weighted by Crippen LogP contribution is -2.37. The fraction of sp³-hybridized carbons (Fsp3) is 0.484. The van der Waals surface area contributed by atoms with Gasteiger partial charge in [0.25, 0.3) is 0 Å². The fourth-order valence-corrected chi connectivity index (χ4v) is 3.74. The molecule has 0 fully saturated rings. The molecular weight excluding hydrogens is 514 g/mol. The Morgan fingerprint density at radius 1 is 0.800 bits per heavy atom. The van der Waals surface area contributed by atoms with Gasteiger partial charge in [-0.15, -0.1) is 0 Å². The second-order valence-electron chi connectivity index (χ2n) is 9.67. The molecule has 0 amide bonds. The zero-order valence-electron chi connectivity index (χ0n) is 23.7. The molecule has 9 nitrogen and oxygen atoms in total. The standard InChI is InChI=1S/C31H41NO8/c1-4-6-9-15-28(33)39-26-18-17-23(20-27(26)40-29(34)16-10-7-5-2)19-25(32)31(36)38-22(3)21-37-30(35)24-13-11-8-12-14-24/h8,11-14,17-18,20,22,25H,4-7,9-10,15-16,19,21,32H2,1-3H3/t22-,25-/m0/s1. The van der Waals surface area contributed by atoms with E-state index in [0.717, 1.165) is 25.7 Å². The SMILES string of the molecule is CCCCCC(=O)Oc1ccc(C[C@H](N)C(=O)O[C@@H](C)COC(=O)c2ccccc2)cc1OC(=O)CCCCC. The quantitative estimate of drug-likeness (QED) is 0.157. The van der Waals surface area contributed by atoms with Gasteiger partial charge in [0, 0.05) is 12.8 Å². The number of unbranched alkanes of at least 4 members (excludes halogenated alkanes) is 4. The lowest BCUT2D eigenvalue weighted by molar-refractivity contribution is -0.151. The summed E-state index contributed by atoms with van der Waals surface area (Å²) in [6.07, 6.45) is 5.02. The van der Waals surface area contributed by atoms with Gasteiger partial charge in [-0.2, -0.15) is 0 Å². The normalized spacial score (nSPS) is 12.2. The van der Waals surface area contributed by atoms with Crippen LogP contribution in [0, 0.1) is 0 Å². The van der Waals surface area contributed by atoms with E-state index in [0.29, 0.717) is 24.0 Å². The van der Waals surface area contributed by atoms with Gasteiger partial charge in [0.15, 0.2) is 11.5 Å². The first-order chi connectivity index (χ1) is 19.2. The van der Waals surface area contributed by atoms with Crippen molar-refractivity contribution in [2.45, 2.75) is 90.7 Å². The second-order valence-corrected chi connectivity index (χ2v) is 9.67. The van der Waals surface area contributed by atoms with E-state index in [9.17, 15) is 19.2 Å². The monoisotopic (exact) mass is 555 g/mol. The first-order valence-corrected chi connectivity index (χ1v) is 14.0. The van der Waals surface area contributed by atoms with Crippen LogP contribution in [0.3, 0.4) is 0 Å². The Morgan fingerprint density at radius 2 is 1.40 bits per heavy atom. The number of rotatable bonds is 17. The molecule has 0 aromatic heterocycles. The summed E-state index contributed by atoms with van der Waals surface area (Å²) < 4.78 is 21.6. The number of benzene rings is 2. The molecule has 0 aliphatic rings. The van der Waals surface area contributed by atoms with Crippen molar-refractivity contribution >= 4 is 23.9 Å². The first kappa shape index (κ1) is 32.5. The second kappa shape index (κ2) is 17.8. The summed E-state index contributed by atoms with van der Waals surface area (Å²) in [4.78, 5) is 49.4. The average Bonchev–Trinajstić information content (AvgIpc) is 2.93. The maximum Gasteiger partial charge on any atom is 0.338 e. The van der Waals surface area contributed by atoms with E-state index in [2.05, 4.69) is 0 Å². The highest BCUT2D eigenvalue weighted by atomic mass is 16.6. The fourth-order valence-electron chi connectivity index (χ4n) is 3.74. The molecule has 0 bridgehead atoms. The zero-order valence-corrected chi connectivity index (χ0v) is 23.7. The Hall–Kier alpha value is -3.72. The molecule has 218 valence electrons. The van der Waals surface area contributed by atoms with Crippen LogP contribution in [0.15, 0.2) is 48.5 Å². The molecule has 9 heteroatoms.